The van der Waals surface area contributed by atoms with Crippen LogP contribution in [-0.4, -0.2) is 11.5 Å². The van der Waals surface area contributed by atoms with E-state index in [1.54, 1.807) is 11.3 Å². The zero-order valence-corrected chi connectivity index (χ0v) is 12.8. The summed E-state index contributed by atoms with van der Waals surface area (Å²) in [4.78, 5) is 5.78. The average Bonchev–Trinajstić information content (AvgIpc) is 2.79. The molecule has 2 atom stereocenters. The summed E-state index contributed by atoms with van der Waals surface area (Å²) in [6.07, 6.45) is 3.08. The van der Waals surface area contributed by atoms with E-state index in [0.29, 0.717) is 12.1 Å². The van der Waals surface area contributed by atoms with Crippen molar-refractivity contribution in [1.29, 1.82) is 0 Å². The van der Waals surface area contributed by atoms with Gasteiger partial charge in [0.05, 0.1) is 6.04 Å². The Morgan fingerprint density at radius 1 is 1.40 bits per heavy atom. The molecule has 1 aliphatic rings. The summed E-state index contributed by atoms with van der Waals surface area (Å²) in [5, 5.41) is 8.43. The molecule has 4 heteroatoms. The van der Waals surface area contributed by atoms with E-state index in [-0.39, 0.29) is 0 Å². The maximum absolute atomic E-state index is 4.50. The van der Waals surface area contributed by atoms with Gasteiger partial charge in [-0.1, -0.05) is 24.3 Å². The highest BCUT2D eigenvalue weighted by molar-refractivity contribution is 7.11. The van der Waals surface area contributed by atoms with Crippen LogP contribution in [0.5, 0.6) is 0 Å². The van der Waals surface area contributed by atoms with E-state index >= 15 is 0 Å². The monoisotopic (exact) mass is 287 g/mol. The van der Waals surface area contributed by atoms with Gasteiger partial charge in [0.2, 0.25) is 0 Å². The molecule has 2 N–H and O–H groups in total. The maximum atomic E-state index is 4.50. The first kappa shape index (κ1) is 13.7. The second-order valence-electron chi connectivity index (χ2n) is 5.41. The summed E-state index contributed by atoms with van der Waals surface area (Å²) < 4.78 is 0. The van der Waals surface area contributed by atoms with Crippen LogP contribution in [0.25, 0.3) is 0 Å². The first-order valence-electron chi connectivity index (χ1n) is 7.21. The fourth-order valence-corrected chi connectivity index (χ4v) is 3.56. The van der Waals surface area contributed by atoms with Gasteiger partial charge in [0.15, 0.2) is 0 Å². The predicted molar refractivity (Wildman–Crippen MR) is 83.9 cm³/mol. The van der Waals surface area contributed by atoms with Crippen LogP contribution in [0.3, 0.4) is 0 Å². The van der Waals surface area contributed by atoms with Gasteiger partial charge in [-0.2, -0.15) is 0 Å². The van der Waals surface area contributed by atoms with Crippen molar-refractivity contribution in [1.82, 2.24) is 15.6 Å². The van der Waals surface area contributed by atoms with Gasteiger partial charge in [-0.25, -0.2) is 4.98 Å². The Balaban J connectivity index is 1.80. The fourth-order valence-electron chi connectivity index (χ4n) is 2.78. The van der Waals surface area contributed by atoms with Crippen LogP contribution in [0.1, 0.15) is 46.4 Å². The number of benzene rings is 1. The number of rotatable bonds is 3. The van der Waals surface area contributed by atoms with Gasteiger partial charge in [0.25, 0.3) is 0 Å². The van der Waals surface area contributed by atoms with Crippen molar-refractivity contribution in [3.05, 3.63) is 51.5 Å². The molecule has 0 spiro atoms. The molecule has 0 bridgehead atoms. The summed E-state index contributed by atoms with van der Waals surface area (Å²) >= 11 is 1.78. The van der Waals surface area contributed by atoms with Gasteiger partial charge in [-0.05, 0) is 37.9 Å². The summed E-state index contributed by atoms with van der Waals surface area (Å²) in [6, 6.07) is 9.43. The number of nitrogens with zero attached hydrogens (tertiary/aromatic N) is 1. The van der Waals surface area contributed by atoms with Gasteiger partial charge in [-0.3, -0.25) is 0 Å². The molecular formula is C16H21N3S. The molecule has 2 aromatic rings. The van der Waals surface area contributed by atoms with Crippen molar-refractivity contribution in [3.8, 4) is 0 Å². The molecule has 0 saturated carbocycles. The van der Waals surface area contributed by atoms with Crippen molar-refractivity contribution in [2.24, 2.45) is 0 Å². The van der Waals surface area contributed by atoms with E-state index in [9.17, 15) is 0 Å². The number of aromatic nitrogens is 1. The van der Waals surface area contributed by atoms with E-state index in [1.807, 2.05) is 6.20 Å². The molecule has 0 fully saturated rings. The number of nitrogens with one attached hydrogen (secondary N) is 2. The molecule has 0 radical (unpaired) electrons. The quantitative estimate of drug-likeness (QED) is 0.909. The van der Waals surface area contributed by atoms with Crippen LogP contribution in [0.15, 0.2) is 30.5 Å². The van der Waals surface area contributed by atoms with Gasteiger partial charge in [0, 0.05) is 23.7 Å². The lowest BCUT2D eigenvalue weighted by atomic mass is 9.99. The van der Waals surface area contributed by atoms with Gasteiger partial charge >= 0.3 is 0 Å². The van der Waals surface area contributed by atoms with Gasteiger partial charge in [0.1, 0.15) is 5.01 Å². The third kappa shape index (κ3) is 2.92. The Morgan fingerprint density at radius 3 is 3.05 bits per heavy atom. The largest absolute Gasteiger partial charge is 0.313 e. The normalized spacial score (nSPS) is 20.2. The number of hydrogen-bond donors (Lipinski definition) is 2. The molecular weight excluding hydrogens is 266 g/mol. The van der Waals surface area contributed by atoms with Crippen LogP contribution in [0.4, 0.5) is 0 Å². The molecule has 2 unspecified atom stereocenters. The first-order valence-corrected chi connectivity index (χ1v) is 8.02. The molecule has 1 aromatic heterocycles. The number of fused-ring (bicyclic) bond motifs is 1. The van der Waals surface area contributed by atoms with Crippen molar-refractivity contribution in [2.45, 2.75) is 38.9 Å². The highest BCUT2D eigenvalue weighted by Crippen LogP contribution is 2.27. The van der Waals surface area contributed by atoms with Crippen LogP contribution in [-0.2, 0) is 6.54 Å². The third-order valence-electron chi connectivity index (χ3n) is 3.82. The lowest BCUT2D eigenvalue weighted by molar-refractivity contribution is 0.442. The summed E-state index contributed by atoms with van der Waals surface area (Å²) in [7, 11) is 0. The Kier molecular flexibility index (Phi) is 4.15. The molecule has 1 aromatic carbocycles. The summed E-state index contributed by atoms with van der Waals surface area (Å²) in [6.45, 7) is 6.34. The molecule has 20 heavy (non-hydrogen) atoms. The summed E-state index contributed by atoms with van der Waals surface area (Å²) in [5.41, 5.74) is 2.84. The molecule has 2 heterocycles. The molecule has 3 nitrogen and oxygen atoms in total. The van der Waals surface area contributed by atoms with E-state index in [2.05, 4.69) is 53.7 Å². The van der Waals surface area contributed by atoms with Gasteiger partial charge < -0.3 is 10.6 Å². The van der Waals surface area contributed by atoms with Crippen LogP contribution in [0.2, 0.25) is 0 Å². The van der Waals surface area contributed by atoms with Crippen molar-refractivity contribution in [3.63, 3.8) is 0 Å². The molecule has 0 saturated heterocycles. The first-order chi connectivity index (χ1) is 9.74. The van der Waals surface area contributed by atoms with Crippen molar-refractivity contribution < 1.29 is 0 Å². The standard InChI is InChI=1S/C16H21N3S/c1-11-9-18-16(20-11)12(2)19-15-7-8-17-10-13-5-3-4-6-14(13)15/h3-6,9,12,15,17,19H,7-8,10H2,1-2H3. The van der Waals surface area contributed by atoms with Crippen molar-refractivity contribution >= 4 is 11.3 Å². The average molecular weight is 287 g/mol. The topological polar surface area (TPSA) is 37.0 Å². The maximum Gasteiger partial charge on any atom is 0.109 e. The Hall–Kier alpha value is -1.23. The number of aryl methyl sites for hydroxylation is 1. The zero-order chi connectivity index (χ0) is 13.9. The fraction of sp³-hybridized carbons (Fsp3) is 0.438. The van der Waals surface area contributed by atoms with Gasteiger partial charge in [-0.15, -0.1) is 11.3 Å². The minimum Gasteiger partial charge on any atom is -0.313 e. The number of thiazole rings is 1. The van der Waals surface area contributed by atoms with Crippen LogP contribution < -0.4 is 10.6 Å². The lowest BCUT2D eigenvalue weighted by Gasteiger charge is -2.22. The van der Waals surface area contributed by atoms with E-state index in [4.69, 9.17) is 0 Å². The highest BCUT2D eigenvalue weighted by atomic mass is 32.1. The van der Waals surface area contributed by atoms with Crippen LogP contribution >= 0.6 is 11.3 Å². The number of hydrogen-bond acceptors (Lipinski definition) is 4. The lowest BCUT2D eigenvalue weighted by Crippen LogP contribution is -2.26. The molecule has 1 aliphatic heterocycles. The third-order valence-corrected chi connectivity index (χ3v) is 4.91. The zero-order valence-electron chi connectivity index (χ0n) is 12.0. The predicted octanol–water partition coefficient (Wildman–Crippen LogP) is 3.34. The Morgan fingerprint density at radius 2 is 2.25 bits per heavy atom. The summed E-state index contributed by atoms with van der Waals surface area (Å²) in [5.74, 6) is 0. The van der Waals surface area contributed by atoms with Crippen molar-refractivity contribution in [2.75, 3.05) is 6.54 Å². The van der Waals surface area contributed by atoms with E-state index < -0.39 is 0 Å². The Bertz CT molecular complexity index is 579. The second-order valence-corrected chi connectivity index (χ2v) is 6.68. The Labute approximate surface area is 124 Å². The molecule has 0 aliphatic carbocycles. The van der Waals surface area contributed by atoms with E-state index in [1.165, 1.54) is 21.0 Å². The molecule has 0 amide bonds. The second kappa shape index (κ2) is 6.04. The molecule has 106 valence electrons. The van der Waals surface area contributed by atoms with Crippen LogP contribution in [0, 0.1) is 6.92 Å². The smallest absolute Gasteiger partial charge is 0.109 e. The minimum absolute atomic E-state index is 0.296. The highest BCUT2D eigenvalue weighted by Gasteiger charge is 2.21. The SMILES string of the molecule is Cc1cnc(C(C)NC2CCNCc3ccccc32)s1. The minimum atomic E-state index is 0.296. The molecule has 3 rings (SSSR count). The van der Waals surface area contributed by atoms with E-state index in [0.717, 1.165) is 19.5 Å².